The van der Waals surface area contributed by atoms with Crippen LogP contribution in [-0.2, 0) is 6.61 Å². The van der Waals surface area contributed by atoms with Crippen molar-refractivity contribution in [1.29, 1.82) is 0 Å². The monoisotopic (exact) mass is 327 g/mol. The zero-order chi connectivity index (χ0) is 15.4. The second kappa shape index (κ2) is 7.12. The average molecular weight is 328 g/mol. The zero-order valence-electron chi connectivity index (χ0n) is 11.8. The first-order chi connectivity index (χ1) is 10.0. The molecule has 0 aromatic heterocycles. The van der Waals surface area contributed by atoms with Crippen LogP contribution in [0.25, 0.3) is 0 Å². The van der Waals surface area contributed by atoms with E-state index < -0.39 is 0 Å². The van der Waals surface area contributed by atoms with E-state index in [1.807, 2.05) is 26.1 Å². The predicted octanol–water partition coefficient (Wildman–Crippen LogP) is 4.99. The summed E-state index contributed by atoms with van der Waals surface area (Å²) in [7, 11) is 1.88. The molecule has 2 nitrogen and oxygen atoms in total. The molecule has 0 amide bonds. The van der Waals surface area contributed by atoms with Gasteiger partial charge in [-0.3, -0.25) is 0 Å². The third-order valence-corrected chi connectivity index (χ3v) is 3.94. The van der Waals surface area contributed by atoms with E-state index in [9.17, 15) is 4.39 Å². The fourth-order valence-corrected chi connectivity index (χ4v) is 2.30. The van der Waals surface area contributed by atoms with E-state index >= 15 is 0 Å². The molecule has 0 aliphatic heterocycles. The van der Waals surface area contributed by atoms with Gasteiger partial charge in [0.15, 0.2) is 0 Å². The molecular formula is C16H16Cl2FNO. The highest BCUT2D eigenvalue weighted by molar-refractivity contribution is 6.32. The van der Waals surface area contributed by atoms with Crippen molar-refractivity contribution in [2.75, 3.05) is 7.05 Å². The summed E-state index contributed by atoms with van der Waals surface area (Å²) in [6.45, 7) is 2.20. The minimum Gasteiger partial charge on any atom is -0.487 e. The van der Waals surface area contributed by atoms with Crippen molar-refractivity contribution in [3.05, 3.63) is 63.4 Å². The molecule has 0 heterocycles. The van der Waals surface area contributed by atoms with Gasteiger partial charge < -0.3 is 10.1 Å². The molecule has 0 fully saturated rings. The Labute approximate surface area is 133 Å². The van der Waals surface area contributed by atoms with Gasteiger partial charge in [-0.15, -0.1) is 0 Å². The van der Waals surface area contributed by atoms with Crippen LogP contribution in [0, 0.1) is 5.82 Å². The lowest BCUT2D eigenvalue weighted by atomic mass is 10.1. The minimum absolute atomic E-state index is 0.164. The van der Waals surface area contributed by atoms with Crippen LogP contribution >= 0.6 is 23.2 Å². The van der Waals surface area contributed by atoms with Crippen LogP contribution in [0.4, 0.5) is 4.39 Å². The quantitative estimate of drug-likeness (QED) is 0.835. The van der Waals surface area contributed by atoms with E-state index in [0.29, 0.717) is 21.4 Å². The van der Waals surface area contributed by atoms with E-state index in [1.165, 1.54) is 18.2 Å². The first-order valence-corrected chi connectivity index (χ1v) is 7.30. The van der Waals surface area contributed by atoms with Crippen molar-refractivity contribution >= 4 is 23.2 Å². The summed E-state index contributed by atoms with van der Waals surface area (Å²) in [5.41, 5.74) is 1.65. The van der Waals surface area contributed by atoms with Crippen LogP contribution in [0.5, 0.6) is 5.75 Å². The molecule has 1 unspecified atom stereocenters. The molecule has 1 atom stereocenters. The second-order valence-corrected chi connectivity index (χ2v) is 5.54. The molecule has 0 radical (unpaired) electrons. The predicted molar refractivity (Wildman–Crippen MR) is 84.7 cm³/mol. The van der Waals surface area contributed by atoms with Gasteiger partial charge >= 0.3 is 0 Å². The van der Waals surface area contributed by atoms with Gasteiger partial charge in [-0.1, -0.05) is 29.3 Å². The van der Waals surface area contributed by atoms with E-state index in [1.54, 1.807) is 6.07 Å². The Morgan fingerprint density at radius 3 is 2.57 bits per heavy atom. The van der Waals surface area contributed by atoms with Crippen molar-refractivity contribution in [3.63, 3.8) is 0 Å². The lowest BCUT2D eigenvalue weighted by Crippen LogP contribution is -2.12. The van der Waals surface area contributed by atoms with Gasteiger partial charge in [0.2, 0.25) is 0 Å². The number of benzene rings is 2. The summed E-state index contributed by atoms with van der Waals surface area (Å²) in [6, 6.07) is 9.98. The Bertz CT molecular complexity index is 634. The van der Waals surface area contributed by atoms with Crippen molar-refractivity contribution in [2.24, 2.45) is 0 Å². The van der Waals surface area contributed by atoms with Crippen molar-refractivity contribution in [1.82, 2.24) is 5.32 Å². The van der Waals surface area contributed by atoms with Crippen molar-refractivity contribution < 1.29 is 9.13 Å². The fourth-order valence-electron chi connectivity index (χ4n) is 1.88. The second-order valence-electron chi connectivity index (χ2n) is 4.72. The van der Waals surface area contributed by atoms with Gasteiger partial charge in [-0.05, 0) is 49.9 Å². The Balaban J connectivity index is 2.11. The van der Waals surface area contributed by atoms with Gasteiger partial charge in [0, 0.05) is 16.6 Å². The number of hydrogen-bond donors (Lipinski definition) is 1. The molecule has 1 N–H and O–H groups in total. The Hall–Kier alpha value is -1.29. The number of hydrogen-bond acceptors (Lipinski definition) is 2. The van der Waals surface area contributed by atoms with Crippen molar-refractivity contribution in [2.45, 2.75) is 19.6 Å². The van der Waals surface area contributed by atoms with Crippen molar-refractivity contribution in [3.8, 4) is 5.75 Å². The maximum atomic E-state index is 13.2. The van der Waals surface area contributed by atoms with E-state index in [-0.39, 0.29) is 18.5 Å². The molecular weight excluding hydrogens is 312 g/mol. The largest absolute Gasteiger partial charge is 0.487 e. The average Bonchev–Trinajstić information content (AvgIpc) is 2.48. The highest BCUT2D eigenvalue weighted by Crippen LogP contribution is 2.29. The van der Waals surface area contributed by atoms with Crippen LogP contribution < -0.4 is 10.1 Å². The highest BCUT2D eigenvalue weighted by Gasteiger charge is 2.09. The maximum Gasteiger partial charge on any atom is 0.138 e. The molecule has 2 aromatic rings. The van der Waals surface area contributed by atoms with Gasteiger partial charge in [-0.25, -0.2) is 4.39 Å². The molecule has 0 saturated heterocycles. The summed E-state index contributed by atoms with van der Waals surface area (Å²) in [6.07, 6.45) is 0. The van der Waals surface area contributed by atoms with E-state index in [0.717, 1.165) is 5.56 Å². The minimum atomic E-state index is -0.345. The molecule has 0 aliphatic rings. The summed E-state index contributed by atoms with van der Waals surface area (Å²) < 4.78 is 18.8. The normalized spacial score (nSPS) is 12.2. The molecule has 21 heavy (non-hydrogen) atoms. The summed E-state index contributed by atoms with van der Waals surface area (Å²) in [5.74, 6) is 0.200. The third-order valence-electron chi connectivity index (χ3n) is 3.28. The first kappa shape index (κ1) is 16.1. The molecule has 112 valence electrons. The number of nitrogens with one attached hydrogen (secondary N) is 1. The van der Waals surface area contributed by atoms with Crippen LogP contribution in [0.2, 0.25) is 10.0 Å². The molecule has 2 rings (SSSR count). The Morgan fingerprint density at radius 1 is 1.14 bits per heavy atom. The van der Waals surface area contributed by atoms with Crippen LogP contribution in [-0.4, -0.2) is 7.05 Å². The number of halogens is 3. The topological polar surface area (TPSA) is 21.3 Å². The molecule has 2 aromatic carbocycles. The maximum absolute atomic E-state index is 13.2. The third kappa shape index (κ3) is 4.10. The smallest absolute Gasteiger partial charge is 0.138 e. The summed E-state index contributed by atoms with van der Waals surface area (Å²) in [4.78, 5) is 0. The molecule has 5 heteroatoms. The standard InChI is InChI=1S/C16H16Cl2FNO/c1-10(20-2)11-3-6-16(15(18)8-11)21-9-12-7-13(19)4-5-14(12)17/h3-8,10,20H,9H2,1-2H3. The van der Waals surface area contributed by atoms with E-state index in [2.05, 4.69) is 5.32 Å². The fraction of sp³-hybridized carbons (Fsp3) is 0.250. The SMILES string of the molecule is CNC(C)c1ccc(OCc2cc(F)ccc2Cl)c(Cl)c1. The summed E-state index contributed by atoms with van der Waals surface area (Å²) >= 11 is 12.2. The number of ether oxygens (including phenoxy) is 1. The van der Waals surface area contributed by atoms with Gasteiger partial charge in [0.25, 0.3) is 0 Å². The lowest BCUT2D eigenvalue weighted by Gasteiger charge is -2.14. The molecule has 0 bridgehead atoms. The zero-order valence-corrected chi connectivity index (χ0v) is 13.3. The van der Waals surface area contributed by atoms with Crippen LogP contribution in [0.1, 0.15) is 24.1 Å². The van der Waals surface area contributed by atoms with Gasteiger partial charge in [-0.2, -0.15) is 0 Å². The van der Waals surface area contributed by atoms with Gasteiger partial charge in [0.1, 0.15) is 18.2 Å². The Kier molecular flexibility index (Phi) is 5.45. The molecule has 0 spiro atoms. The van der Waals surface area contributed by atoms with Gasteiger partial charge in [0.05, 0.1) is 5.02 Å². The highest BCUT2D eigenvalue weighted by atomic mass is 35.5. The Morgan fingerprint density at radius 2 is 1.90 bits per heavy atom. The molecule has 0 saturated carbocycles. The molecule has 0 aliphatic carbocycles. The van der Waals surface area contributed by atoms with Crippen LogP contribution in [0.3, 0.4) is 0 Å². The summed E-state index contributed by atoms with van der Waals surface area (Å²) in [5, 5.41) is 4.12. The number of rotatable bonds is 5. The van der Waals surface area contributed by atoms with Crippen LogP contribution in [0.15, 0.2) is 36.4 Å². The first-order valence-electron chi connectivity index (χ1n) is 6.54. The van der Waals surface area contributed by atoms with E-state index in [4.69, 9.17) is 27.9 Å². The lowest BCUT2D eigenvalue weighted by molar-refractivity contribution is 0.305.